The van der Waals surface area contributed by atoms with Crippen molar-refractivity contribution in [1.29, 1.82) is 0 Å². The minimum Gasteiger partial charge on any atom is -0.493 e. The van der Waals surface area contributed by atoms with Crippen LogP contribution < -0.4 is 19.5 Å². The highest BCUT2D eigenvalue weighted by Gasteiger charge is 2.08. The molecule has 0 aliphatic carbocycles. The molecule has 0 aromatic heterocycles. The zero-order valence-corrected chi connectivity index (χ0v) is 15.1. The Balaban J connectivity index is 1.56. The van der Waals surface area contributed by atoms with E-state index in [-0.39, 0.29) is 0 Å². The van der Waals surface area contributed by atoms with Crippen LogP contribution in [0.25, 0.3) is 0 Å². The van der Waals surface area contributed by atoms with Crippen molar-refractivity contribution in [3.63, 3.8) is 0 Å². The van der Waals surface area contributed by atoms with Crippen molar-refractivity contribution in [2.75, 3.05) is 14.2 Å². The van der Waals surface area contributed by atoms with Gasteiger partial charge in [0.1, 0.15) is 11.5 Å². The molecule has 3 aromatic carbocycles. The summed E-state index contributed by atoms with van der Waals surface area (Å²) in [4.78, 5) is 0. The lowest BCUT2D eigenvalue weighted by Crippen LogP contribution is -2.13. The Hall–Kier alpha value is -2.98. The summed E-state index contributed by atoms with van der Waals surface area (Å²) in [6, 6.07) is 23.8. The van der Waals surface area contributed by atoms with Gasteiger partial charge in [-0.2, -0.15) is 0 Å². The van der Waals surface area contributed by atoms with Crippen molar-refractivity contribution >= 4 is 0 Å². The summed E-state index contributed by atoms with van der Waals surface area (Å²) in [5.41, 5.74) is 2.25. The van der Waals surface area contributed by atoms with Gasteiger partial charge in [0.2, 0.25) is 0 Å². The summed E-state index contributed by atoms with van der Waals surface area (Å²) in [5, 5.41) is 3.44. The van der Waals surface area contributed by atoms with Crippen LogP contribution in [0.1, 0.15) is 11.1 Å². The molecule has 0 amide bonds. The Morgan fingerprint density at radius 3 is 2.12 bits per heavy atom. The molecule has 3 aromatic rings. The van der Waals surface area contributed by atoms with Crippen LogP contribution in [-0.2, 0) is 13.1 Å². The highest BCUT2D eigenvalue weighted by molar-refractivity contribution is 5.46. The molecule has 0 spiro atoms. The van der Waals surface area contributed by atoms with Gasteiger partial charge in [-0.05, 0) is 35.9 Å². The molecule has 0 fully saturated rings. The summed E-state index contributed by atoms with van der Waals surface area (Å²) in [7, 11) is 3.31. The van der Waals surface area contributed by atoms with Crippen LogP contribution in [0.15, 0.2) is 72.8 Å². The van der Waals surface area contributed by atoms with E-state index in [0.29, 0.717) is 6.54 Å². The average Bonchev–Trinajstić information content (AvgIpc) is 2.70. The van der Waals surface area contributed by atoms with Gasteiger partial charge in [0.05, 0.1) is 14.2 Å². The molecule has 1 N–H and O–H groups in total. The standard InChI is InChI=1S/C22H23NO3/c1-24-21-10-6-7-18(22(21)25-2)16-23-15-17-11-13-20(14-12-17)26-19-8-4-3-5-9-19/h3-14,23H,15-16H2,1-2H3. The fourth-order valence-corrected chi connectivity index (χ4v) is 2.73. The molecule has 0 bridgehead atoms. The second kappa shape index (κ2) is 8.92. The third-order valence-corrected chi connectivity index (χ3v) is 4.03. The molecule has 0 aliphatic rings. The largest absolute Gasteiger partial charge is 0.493 e. The van der Waals surface area contributed by atoms with Gasteiger partial charge < -0.3 is 19.5 Å². The van der Waals surface area contributed by atoms with Crippen LogP contribution >= 0.6 is 0 Å². The maximum Gasteiger partial charge on any atom is 0.165 e. The van der Waals surface area contributed by atoms with Crippen LogP contribution in [0.5, 0.6) is 23.0 Å². The zero-order valence-electron chi connectivity index (χ0n) is 15.1. The molecule has 26 heavy (non-hydrogen) atoms. The van der Waals surface area contributed by atoms with Crippen molar-refractivity contribution in [3.05, 3.63) is 83.9 Å². The highest BCUT2D eigenvalue weighted by atomic mass is 16.5. The summed E-state index contributed by atoms with van der Waals surface area (Å²) in [5.74, 6) is 3.18. The Kier molecular flexibility index (Phi) is 6.12. The molecular weight excluding hydrogens is 326 g/mol. The van der Waals surface area contributed by atoms with Crippen molar-refractivity contribution in [1.82, 2.24) is 5.32 Å². The predicted molar refractivity (Wildman–Crippen MR) is 103 cm³/mol. The van der Waals surface area contributed by atoms with Gasteiger partial charge in [0, 0.05) is 18.7 Å². The monoisotopic (exact) mass is 349 g/mol. The van der Waals surface area contributed by atoms with E-state index in [9.17, 15) is 0 Å². The molecule has 0 radical (unpaired) electrons. The van der Waals surface area contributed by atoms with Gasteiger partial charge in [-0.25, -0.2) is 0 Å². The van der Waals surface area contributed by atoms with E-state index < -0.39 is 0 Å². The fourth-order valence-electron chi connectivity index (χ4n) is 2.73. The van der Waals surface area contributed by atoms with Crippen LogP contribution in [0.2, 0.25) is 0 Å². The van der Waals surface area contributed by atoms with Gasteiger partial charge >= 0.3 is 0 Å². The maximum atomic E-state index is 5.81. The number of para-hydroxylation sites is 2. The topological polar surface area (TPSA) is 39.7 Å². The van der Waals surface area contributed by atoms with Crippen LogP contribution in [-0.4, -0.2) is 14.2 Å². The van der Waals surface area contributed by atoms with Crippen molar-refractivity contribution in [2.45, 2.75) is 13.1 Å². The Morgan fingerprint density at radius 2 is 1.42 bits per heavy atom. The van der Waals surface area contributed by atoms with Gasteiger partial charge in [0.25, 0.3) is 0 Å². The van der Waals surface area contributed by atoms with E-state index in [1.54, 1.807) is 14.2 Å². The number of nitrogens with one attached hydrogen (secondary N) is 1. The molecule has 0 saturated carbocycles. The SMILES string of the molecule is COc1cccc(CNCc2ccc(Oc3ccccc3)cc2)c1OC. The molecule has 0 saturated heterocycles. The van der Waals surface area contributed by atoms with E-state index in [2.05, 4.69) is 17.4 Å². The summed E-state index contributed by atoms with van der Waals surface area (Å²) in [6.45, 7) is 1.45. The highest BCUT2D eigenvalue weighted by Crippen LogP contribution is 2.30. The van der Waals surface area contributed by atoms with E-state index in [4.69, 9.17) is 14.2 Å². The second-order valence-corrected chi connectivity index (χ2v) is 5.82. The van der Waals surface area contributed by atoms with Gasteiger partial charge in [-0.3, -0.25) is 0 Å². The predicted octanol–water partition coefficient (Wildman–Crippen LogP) is 4.79. The maximum absolute atomic E-state index is 5.81. The summed E-state index contributed by atoms with van der Waals surface area (Å²) >= 11 is 0. The summed E-state index contributed by atoms with van der Waals surface area (Å²) in [6.07, 6.45) is 0. The summed E-state index contributed by atoms with van der Waals surface area (Å²) < 4.78 is 16.6. The average molecular weight is 349 g/mol. The first-order chi connectivity index (χ1) is 12.8. The van der Waals surface area contributed by atoms with Crippen molar-refractivity contribution in [2.24, 2.45) is 0 Å². The number of rotatable bonds is 8. The van der Waals surface area contributed by atoms with E-state index in [1.807, 2.05) is 60.7 Å². The normalized spacial score (nSPS) is 10.4. The molecule has 4 nitrogen and oxygen atoms in total. The number of benzene rings is 3. The first kappa shape index (κ1) is 17.8. The van der Waals surface area contributed by atoms with Gasteiger partial charge in [0.15, 0.2) is 11.5 Å². The number of hydrogen-bond donors (Lipinski definition) is 1. The van der Waals surface area contributed by atoms with Crippen LogP contribution in [0.3, 0.4) is 0 Å². The quantitative estimate of drug-likeness (QED) is 0.635. The first-order valence-corrected chi connectivity index (χ1v) is 8.52. The van der Waals surface area contributed by atoms with E-state index >= 15 is 0 Å². The fraction of sp³-hybridized carbons (Fsp3) is 0.182. The van der Waals surface area contributed by atoms with E-state index in [1.165, 1.54) is 5.56 Å². The second-order valence-electron chi connectivity index (χ2n) is 5.82. The molecule has 134 valence electrons. The lowest BCUT2D eigenvalue weighted by Gasteiger charge is -2.13. The molecule has 3 rings (SSSR count). The van der Waals surface area contributed by atoms with Gasteiger partial charge in [-0.15, -0.1) is 0 Å². The molecule has 0 atom stereocenters. The Morgan fingerprint density at radius 1 is 0.692 bits per heavy atom. The molecular formula is C22H23NO3. The smallest absolute Gasteiger partial charge is 0.165 e. The molecule has 0 unspecified atom stereocenters. The minimum atomic E-state index is 0.697. The zero-order chi connectivity index (χ0) is 18.2. The van der Waals surface area contributed by atoms with Crippen molar-refractivity contribution in [3.8, 4) is 23.0 Å². The molecule has 0 heterocycles. The molecule has 0 aliphatic heterocycles. The number of hydrogen-bond acceptors (Lipinski definition) is 4. The third kappa shape index (κ3) is 4.55. The van der Waals surface area contributed by atoms with Gasteiger partial charge in [-0.1, -0.05) is 42.5 Å². The Bertz CT molecular complexity index is 817. The lowest BCUT2D eigenvalue weighted by molar-refractivity contribution is 0.350. The third-order valence-electron chi connectivity index (χ3n) is 4.03. The first-order valence-electron chi connectivity index (χ1n) is 8.52. The van der Waals surface area contributed by atoms with Crippen molar-refractivity contribution < 1.29 is 14.2 Å². The Labute approximate surface area is 154 Å². The molecule has 4 heteroatoms. The van der Waals surface area contributed by atoms with Crippen LogP contribution in [0, 0.1) is 0 Å². The lowest BCUT2D eigenvalue weighted by atomic mass is 10.1. The minimum absolute atomic E-state index is 0.697. The van der Waals surface area contributed by atoms with E-state index in [0.717, 1.165) is 35.1 Å². The van der Waals surface area contributed by atoms with Crippen LogP contribution in [0.4, 0.5) is 0 Å². The number of methoxy groups -OCH3 is 2. The number of ether oxygens (including phenoxy) is 3.